The molecule has 1 aromatic heterocycles. The van der Waals surface area contributed by atoms with Gasteiger partial charge in [-0.05, 0) is 37.9 Å². The fourth-order valence-electron chi connectivity index (χ4n) is 1.98. The molecule has 1 aliphatic heterocycles. The van der Waals surface area contributed by atoms with Gasteiger partial charge < -0.3 is 5.32 Å². The van der Waals surface area contributed by atoms with Gasteiger partial charge in [-0.2, -0.15) is 0 Å². The van der Waals surface area contributed by atoms with Crippen molar-refractivity contribution in [2.24, 2.45) is 5.92 Å². The summed E-state index contributed by atoms with van der Waals surface area (Å²) in [6, 6.07) is 0.965. The number of nitrogens with zero attached hydrogens (tertiary/aromatic N) is 1. The zero-order valence-corrected chi connectivity index (χ0v) is 10.7. The van der Waals surface area contributed by atoms with Crippen molar-refractivity contribution >= 4 is 10.0 Å². The van der Waals surface area contributed by atoms with Crippen molar-refractivity contribution in [2.45, 2.75) is 17.7 Å². The standard InChI is InChI=1S/C11H16FN3O2S/c12-10-5-11(8-14-7-10)18(16,17)15-4-2-9-1-3-13-6-9/h5,7-9,13,15H,1-4,6H2. The first-order chi connectivity index (χ1) is 8.58. The summed E-state index contributed by atoms with van der Waals surface area (Å²) in [5.74, 6) is -0.142. The van der Waals surface area contributed by atoms with Gasteiger partial charge in [0.05, 0.1) is 6.20 Å². The second-order valence-corrected chi connectivity index (χ2v) is 6.15. The molecule has 0 radical (unpaired) electrons. The summed E-state index contributed by atoms with van der Waals surface area (Å²) in [7, 11) is -3.65. The molecule has 2 rings (SSSR count). The van der Waals surface area contributed by atoms with E-state index in [4.69, 9.17) is 0 Å². The van der Waals surface area contributed by atoms with Gasteiger partial charge in [0.1, 0.15) is 10.7 Å². The van der Waals surface area contributed by atoms with E-state index in [9.17, 15) is 12.8 Å². The van der Waals surface area contributed by atoms with Crippen LogP contribution in [-0.4, -0.2) is 33.0 Å². The Morgan fingerprint density at radius 2 is 2.33 bits per heavy atom. The van der Waals surface area contributed by atoms with E-state index in [2.05, 4.69) is 15.0 Å². The van der Waals surface area contributed by atoms with Crippen LogP contribution in [0.15, 0.2) is 23.4 Å². The smallest absolute Gasteiger partial charge is 0.242 e. The summed E-state index contributed by atoms with van der Waals surface area (Å²) >= 11 is 0. The fourth-order valence-corrected chi connectivity index (χ4v) is 3.00. The molecule has 2 N–H and O–H groups in total. The molecule has 0 bridgehead atoms. The summed E-state index contributed by atoms with van der Waals surface area (Å²) in [5, 5.41) is 3.22. The molecule has 18 heavy (non-hydrogen) atoms. The van der Waals surface area contributed by atoms with Gasteiger partial charge in [-0.1, -0.05) is 0 Å². The topological polar surface area (TPSA) is 71.1 Å². The fraction of sp³-hybridized carbons (Fsp3) is 0.545. The first-order valence-corrected chi connectivity index (χ1v) is 7.37. The lowest BCUT2D eigenvalue weighted by Crippen LogP contribution is -2.26. The minimum Gasteiger partial charge on any atom is -0.316 e. The Morgan fingerprint density at radius 3 is 3.00 bits per heavy atom. The van der Waals surface area contributed by atoms with Crippen LogP contribution >= 0.6 is 0 Å². The third kappa shape index (κ3) is 3.47. The molecule has 1 aromatic rings. The number of hydrogen-bond donors (Lipinski definition) is 2. The van der Waals surface area contributed by atoms with Crippen LogP contribution in [0.3, 0.4) is 0 Å². The normalized spacial score (nSPS) is 20.2. The number of rotatable bonds is 5. The van der Waals surface area contributed by atoms with E-state index in [1.165, 1.54) is 0 Å². The number of pyridine rings is 1. The Bertz CT molecular complexity index is 501. The van der Waals surface area contributed by atoms with Gasteiger partial charge >= 0.3 is 0 Å². The molecular formula is C11H16FN3O2S. The molecule has 7 heteroatoms. The van der Waals surface area contributed by atoms with Crippen molar-refractivity contribution in [2.75, 3.05) is 19.6 Å². The first-order valence-electron chi connectivity index (χ1n) is 5.89. The average molecular weight is 273 g/mol. The molecule has 0 spiro atoms. The van der Waals surface area contributed by atoms with Gasteiger partial charge in [-0.25, -0.2) is 17.5 Å². The summed E-state index contributed by atoms with van der Waals surface area (Å²) in [4.78, 5) is 3.40. The Kier molecular flexibility index (Phi) is 4.26. The third-order valence-corrected chi connectivity index (χ3v) is 4.43. The minimum atomic E-state index is -3.65. The second-order valence-electron chi connectivity index (χ2n) is 4.38. The quantitative estimate of drug-likeness (QED) is 0.819. The molecule has 1 atom stereocenters. The van der Waals surface area contributed by atoms with E-state index in [0.29, 0.717) is 12.5 Å². The highest BCUT2D eigenvalue weighted by Gasteiger charge is 2.18. The van der Waals surface area contributed by atoms with Crippen LogP contribution in [-0.2, 0) is 10.0 Å². The zero-order valence-electron chi connectivity index (χ0n) is 9.89. The molecule has 1 aliphatic rings. The summed E-state index contributed by atoms with van der Waals surface area (Å²) < 4.78 is 39.0. The number of halogens is 1. The number of hydrogen-bond acceptors (Lipinski definition) is 4. The average Bonchev–Trinajstić information content (AvgIpc) is 2.82. The molecule has 0 saturated carbocycles. The third-order valence-electron chi connectivity index (χ3n) is 3.00. The van der Waals surface area contributed by atoms with Crippen LogP contribution < -0.4 is 10.0 Å². The van der Waals surface area contributed by atoms with E-state index in [1.54, 1.807) is 0 Å². The summed E-state index contributed by atoms with van der Waals surface area (Å²) in [5.41, 5.74) is 0. The predicted octanol–water partition coefficient (Wildman–Crippen LogP) is 0.499. The lowest BCUT2D eigenvalue weighted by atomic mass is 10.1. The van der Waals surface area contributed by atoms with Gasteiger partial charge in [-0.3, -0.25) is 4.98 Å². The molecule has 100 valence electrons. The van der Waals surface area contributed by atoms with Crippen molar-refractivity contribution in [3.63, 3.8) is 0 Å². The lowest BCUT2D eigenvalue weighted by molar-refractivity contribution is 0.518. The summed E-state index contributed by atoms with van der Waals surface area (Å²) in [6.45, 7) is 2.29. The molecule has 0 aliphatic carbocycles. The van der Waals surface area contributed by atoms with E-state index in [0.717, 1.165) is 44.4 Å². The molecule has 1 unspecified atom stereocenters. The lowest BCUT2D eigenvalue weighted by Gasteiger charge is -2.09. The molecule has 0 amide bonds. The molecule has 2 heterocycles. The zero-order chi connectivity index (χ0) is 13.0. The van der Waals surface area contributed by atoms with Crippen molar-refractivity contribution < 1.29 is 12.8 Å². The highest BCUT2D eigenvalue weighted by atomic mass is 32.2. The molecule has 5 nitrogen and oxygen atoms in total. The van der Waals surface area contributed by atoms with E-state index in [-0.39, 0.29) is 4.90 Å². The Morgan fingerprint density at radius 1 is 1.50 bits per heavy atom. The van der Waals surface area contributed by atoms with Gasteiger partial charge in [0.15, 0.2) is 0 Å². The number of sulfonamides is 1. The van der Waals surface area contributed by atoms with Crippen LogP contribution in [0.2, 0.25) is 0 Å². The largest absolute Gasteiger partial charge is 0.316 e. The number of nitrogens with one attached hydrogen (secondary N) is 2. The van der Waals surface area contributed by atoms with Crippen LogP contribution in [0, 0.1) is 11.7 Å². The number of aromatic nitrogens is 1. The van der Waals surface area contributed by atoms with Gasteiger partial charge in [-0.15, -0.1) is 0 Å². The molecule has 1 saturated heterocycles. The first kappa shape index (κ1) is 13.4. The van der Waals surface area contributed by atoms with E-state index >= 15 is 0 Å². The van der Waals surface area contributed by atoms with Crippen LogP contribution in [0.4, 0.5) is 4.39 Å². The predicted molar refractivity (Wildman–Crippen MR) is 65.0 cm³/mol. The Hall–Kier alpha value is -1.05. The van der Waals surface area contributed by atoms with E-state index < -0.39 is 15.8 Å². The SMILES string of the molecule is O=S(=O)(NCCC1CCNC1)c1cncc(F)c1. The van der Waals surface area contributed by atoms with Crippen LogP contribution in [0.1, 0.15) is 12.8 Å². The monoisotopic (exact) mass is 273 g/mol. The minimum absolute atomic E-state index is 0.132. The maximum absolute atomic E-state index is 12.9. The molecule has 0 aromatic carbocycles. The van der Waals surface area contributed by atoms with Crippen LogP contribution in [0.25, 0.3) is 0 Å². The van der Waals surface area contributed by atoms with Crippen molar-refractivity contribution in [1.29, 1.82) is 0 Å². The van der Waals surface area contributed by atoms with Gasteiger partial charge in [0.2, 0.25) is 10.0 Å². The summed E-state index contributed by atoms with van der Waals surface area (Å²) in [6.07, 6.45) is 3.98. The van der Waals surface area contributed by atoms with Crippen LogP contribution in [0.5, 0.6) is 0 Å². The molecular weight excluding hydrogens is 257 g/mol. The molecule has 1 fully saturated rings. The Labute approximate surface area is 106 Å². The Balaban J connectivity index is 1.90. The second kappa shape index (κ2) is 5.73. The van der Waals surface area contributed by atoms with Crippen molar-refractivity contribution in [1.82, 2.24) is 15.0 Å². The maximum atomic E-state index is 12.9. The van der Waals surface area contributed by atoms with E-state index in [1.807, 2.05) is 0 Å². The van der Waals surface area contributed by atoms with Crippen molar-refractivity contribution in [3.05, 3.63) is 24.3 Å². The van der Waals surface area contributed by atoms with Crippen molar-refractivity contribution in [3.8, 4) is 0 Å². The van der Waals surface area contributed by atoms with Gasteiger partial charge in [0.25, 0.3) is 0 Å². The highest BCUT2D eigenvalue weighted by molar-refractivity contribution is 7.89. The highest BCUT2D eigenvalue weighted by Crippen LogP contribution is 2.12. The van der Waals surface area contributed by atoms with Gasteiger partial charge in [0, 0.05) is 12.7 Å². The maximum Gasteiger partial charge on any atom is 0.242 e.